The molecule has 3 rings (SSSR count). The van der Waals surface area contributed by atoms with Crippen LogP contribution in [0.15, 0.2) is 22.6 Å². The molecule has 1 aliphatic rings. The summed E-state index contributed by atoms with van der Waals surface area (Å²) in [6.07, 6.45) is 2.24. The summed E-state index contributed by atoms with van der Waals surface area (Å²) in [6.45, 7) is -0.248. The largest absolute Gasteiger partial charge is 0.440 e. The zero-order valence-electron chi connectivity index (χ0n) is 11.4. The third-order valence-electron chi connectivity index (χ3n) is 3.25. The Bertz CT molecular complexity index is 691. The Balaban J connectivity index is 1.66. The lowest BCUT2D eigenvalue weighted by Gasteiger charge is -2.05. The van der Waals surface area contributed by atoms with Gasteiger partial charge in [-0.2, -0.15) is 0 Å². The van der Waals surface area contributed by atoms with E-state index in [1.54, 1.807) is 18.2 Å². The average molecular weight is 288 g/mol. The number of hydrogen-bond donors (Lipinski definition) is 3. The molecule has 21 heavy (non-hydrogen) atoms. The first kappa shape index (κ1) is 13.6. The zero-order valence-corrected chi connectivity index (χ0v) is 11.4. The maximum Gasteiger partial charge on any atom is 0.243 e. The van der Waals surface area contributed by atoms with Crippen molar-refractivity contribution >= 4 is 28.6 Å². The van der Waals surface area contributed by atoms with Gasteiger partial charge in [-0.3, -0.25) is 9.59 Å². The zero-order chi connectivity index (χ0) is 14.8. The van der Waals surface area contributed by atoms with Crippen LogP contribution in [0.5, 0.6) is 0 Å². The maximum absolute atomic E-state index is 11.7. The lowest BCUT2D eigenvalue weighted by atomic mass is 10.3. The van der Waals surface area contributed by atoms with E-state index >= 15 is 0 Å². The maximum atomic E-state index is 11.7. The normalized spacial score (nSPS) is 14.1. The number of carbonyl (C=O) groups is 2. The molecular formula is C14H16N4O3. The van der Waals surface area contributed by atoms with E-state index in [4.69, 9.17) is 10.2 Å². The Kier molecular flexibility index (Phi) is 3.57. The van der Waals surface area contributed by atoms with E-state index in [0.717, 1.165) is 24.2 Å². The average Bonchev–Trinajstić information content (AvgIpc) is 3.24. The van der Waals surface area contributed by atoms with Crippen LogP contribution in [-0.4, -0.2) is 29.9 Å². The molecule has 2 amide bonds. The van der Waals surface area contributed by atoms with Gasteiger partial charge in [-0.05, 0) is 31.0 Å². The molecule has 0 unspecified atom stereocenters. The number of benzene rings is 1. The molecule has 0 bridgehead atoms. The van der Waals surface area contributed by atoms with Crippen molar-refractivity contribution in [2.75, 3.05) is 18.4 Å². The van der Waals surface area contributed by atoms with Crippen molar-refractivity contribution in [3.63, 3.8) is 0 Å². The molecule has 1 saturated carbocycles. The van der Waals surface area contributed by atoms with E-state index in [-0.39, 0.29) is 24.9 Å². The molecule has 0 aliphatic heterocycles. The number of oxazole rings is 1. The van der Waals surface area contributed by atoms with Crippen molar-refractivity contribution in [2.45, 2.75) is 18.8 Å². The van der Waals surface area contributed by atoms with Gasteiger partial charge in [0, 0.05) is 11.6 Å². The number of aromatic nitrogens is 1. The molecule has 1 fully saturated rings. The number of anilines is 1. The van der Waals surface area contributed by atoms with Crippen molar-refractivity contribution in [1.29, 1.82) is 0 Å². The predicted molar refractivity (Wildman–Crippen MR) is 76.7 cm³/mol. The van der Waals surface area contributed by atoms with Crippen molar-refractivity contribution < 1.29 is 14.0 Å². The Hall–Kier alpha value is -2.41. The Labute approximate surface area is 120 Å². The molecular weight excluding hydrogens is 272 g/mol. The van der Waals surface area contributed by atoms with Crippen LogP contribution in [0.2, 0.25) is 0 Å². The van der Waals surface area contributed by atoms with Crippen LogP contribution in [0, 0.1) is 0 Å². The van der Waals surface area contributed by atoms with Gasteiger partial charge < -0.3 is 20.8 Å². The number of nitrogens with one attached hydrogen (secondary N) is 2. The smallest absolute Gasteiger partial charge is 0.243 e. The second-order valence-electron chi connectivity index (χ2n) is 5.04. The molecule has 1 aliphatic carbocycles. The van der Waals surface area contributed by atoms with E-state index in [0.29, 0.717) is 17.2 Å². The molecule has 110 valence electrons. The summed E-state index contributed by atoms with van der Waals surface area (Å²) in [4.78, 5) is 27.1. The molecule has 7 heteroatoms. The fourth-order valence-corrected chi connectivity index (χ4v) is 1.98. The van der Waals surface area contributed by atoms with Gasteiger partial charge in [-0.25, -0.2) is 4.98 Å². The monoisotopic (exact) mass is 288 g/mol. The third kappa shape index (κ3) is 3.19. The Morgan fingerprint density at radius 1 is 1.33 bits per heavy atom. The van der Waals surface area contributed by atoms with Gasteiger partial charge >= 0.3 is 0 Å². The van der Waals surface area contributed by atoms with Crippen LogP contribution in [0.25, 0.3) is 11.1 Å². The number of nitrogens with two attached hydrogens (primary N) is 1. The fraction of sp³-hybridized carbons (Fsp3) is 0.357. The third-order valence-corrected chi connectivity index (χ3v) is 3.25. The summed E-state index contributed by atoms with van der Waals surface area (Å²) in [5.41, 5.74) is 7.20. The molecule has 0 saturated heterocycles. The second kappa shape index (κ2) is 5.53. The first-order valence-electron chi connectivity index (χ1n) is 6.83. The second-order valence-corrected chi connectivity index (χ2v) is 5.04. The van der Waals surface area contributed by atoms with Crippen LogP contribution in [-0.2, 0) is 9.59 Å². The minimum atomic E-state index is -0.369. The summed E-state index contributed by atoms with van der Waals surface area (Å²) >= 11 is 0. The highest BCUT2D eigenvalue weighted by molar-refractivity contribution is 5.96. The van der Waals surface area contributed by atoms with Gasteiger partial charge in [0.1, 0.15) is 5.52 Å². The summed E-state index contributed by atoms with van der Waals surface area (Å²) in [6, 6.07) is 5.28. The number of amides is 2. The van der Waals surface area contributed by atoms with Crippen LogP contribution in [0.3, 0.4) is 0 Å². The SMILES string of the molecule is NCC(=O)NCC(=O)Nc1ccc2oc(C3CC3)nc2c1. The highest BCUT2D eigenvalue weighted by Crippen LogP contribution is 2.40. The van der Waals surface area contributed by atoms with Crippen molar-refractivity contribution in [3.8, 4) is 0 Å². The van der Waals surface area contributed by atoms with E-state index < -0.39 is 0 Å². The first-order chi connectivity index (χ1) is 10.2. The quantitative estimate of drug-likeness (QED) is 0.750. The molecule has 2 aromatic rings. The van der Waals surface area contributed by atoms with Crippen molar-refractivity contribution in [3.05, 3.63) is 24.1 Å². The molecule has 1 aromatic carbocycles. The van der Waals surface area contributed by atoms with Crippen LogP contribution < -0.4 is 16.4 Å². The molecule has 0 radical (unpaired) electrons. The summed E-state index contributed by atoms with van der Waals surface area (Å²) in [5.74, 6) is 0.527. The van der Waals surface area contributed by atoms with E-state index in [2.05, 4.69) is 15.6 Å². The Morgan fingerprint density at radius 3 is 2.86 bits per heavy atom. The van der Waals surface area contributed by atoms with Crippen LogP contribution in [0.4, 0.5) is 5.69 Å². The van der Waals surface area contributed by atoms with E-state index in [1.807, 2.05) is 0 Å². The van der Waals surface area contributed by atoms with Gasteiger partial charge in [0.2, 0.25) is 11.8 Å². The lowest BCUT2D eigenvalue weighted by Crippen LogP contribution is -2.36. The molecule has 1 aromatic heterocycles. The Morgan fingerprint density at radius 2 is 2.14 bits per heavy atom. The summed E-state index contributed by atoms with van der Waals surface area (Å²) < 4.78 is 5.65. The lowest BCUT2D eigenvalue weighted by molar-refractivity contribution is -0.123. The minimum Gasteiger partial charge on any atom is -0.440 e. The number of hydrogen-bond acceptors (Lipinski definition) is 5. The van der Waals surface area contributed by atoms with Crippen molar-refractivity contribution in [1.82, 2.24) is 10.3 Å². The van der Waals surface area contributed by atoms with Crippen molar-refractivity contribution in [2.24, 2.45) is 5.73 Å². The standard InChI is InChI=1S/C14H16N4O3/c15-6-12(19)16-7-13(20)17-9-3-4-11-10(5-9)18-14(21-11)8-1-2-8/h3-5,8H,1-2,6-7,15H2,(H,16,19)(H,17,20). The van der Waals surface area contributed by atoms with Gasteiger partial charge in [-0.15, -0.1) is 0 Å². The van der Waals surface area contributed by atoms with E-state index in [9.17, 15) is 9.59 Å². The summed E-state index contributed by atoms with van der Waals surface area (Å²) in [5, 5.41) is 5.10. The number of carbonyl (C=O) groups excluding carboxylic acids is 2. The number of fused-ring (bicyclic) bond motifs is 1. The highest BCUT2D eigenvalue weighted by atomic mass is 16.3. The molecule has 0 atom stereocenters. The van der Waals surface area contributed by atoms with Crippen LogP contribution >= 0.6 is 0 Å². The van der Waals surface area contributed by atoms with Gasteiger partial charge in [-0.1, -0.05) is 0 Å². The number of nitrogens with zero attached hydrogens (tertiary/aromatic N) is 1. The molecule has 1 heterocycles. The van der Waals surface area contributed by atoms with Gasteiger partial charge in [0.05, 0.1) is 13.1 Å². The first-order valence-corrected chi connectivity index (χ1v) is 6.83. The molecule has 7 nitrogen and oxygen atoms in total. The van der Waals surface area contributed by atoms with E-state index in [1.165, 1.54) is 0 Å². The topological polar surface area (TPSA) is 110 Å². The molecule has 0 spiro atoms. The van der Waals surface area contributed by atoms with Gasteiger partial charge in [0.25, 0.3) is 0 Å². The van der Waals surface area contributed by atoms with Crippen LogP contribution in [0.1, 0.15) is 24.7 Å². The predicted octanol–water partition coefficient (Wildman–Crippen LogP) is 0.719. The van der Waals surface area contributed by atoms with Gasteiger partial charge in [0.15, 0.2) is 11.5 Å². The fourth-order valence-electron chi connectivity index (χ4n) is 1.98. The minimum absolute atomic E-state index is 0.111. The highest BCUT2D eigenvalue weighted by Gasteiger charge is 2.28. The molecule has 4 N–H and O–H groups in total. The summed E-state index contributed by atoms with van der Waals surface area (Å²) in [7, 11) is 0. The number of rotatable bonds is 5.